The van der Waals surface area contributed by atoms with E-state index in [1.807, 2.05) is 0 Å². The van der Waals surface area contributed by atoms with E-state index in [2.05, 4.69) is 45.9 Å². The summed E-state index contributed by atoms with van der Waals surface area (Å²) in [6.45, 7) is 10.3. The summed E-state index contributed by atoms with van der Waals surface area (Å²) >= 11 is 0. The molecule has 0 aliphatic carbocycles. The van der Waals surface area contributed by atoms with Crippen LogP contribution >= 0.6 is 0 Å². The van der Waals surface area contributed by atoms with Crippen molar-refractivity contribution in [3.63, 3.8) is 0 Å². The van der Waals surface area contributed by atoms with Crippen LogP contribution < -0.4 is 11.5 Å². The quantitative estimate of drug-likeness (QED) is 0.841. The monoisotopic (exact) mass is 248 g/mol. The molecule has 0 fully saturated rings. The Bertz CT molecular complexity index is 373. The molecule has 0 bridgehead atoms. The lowest BCUT2D eigenvalue weighted by atomic mass is 9.83. The molecule has 18 heavy (non-hydrogen) atoms. The molecule has 0 saturated heterocycles. The van der Waals surface area contributed by atoms with Crippen LogP contribution in [0, 0.1) is 5.92 Å². The van der Waals surface area contributed by atoms with Gasteiger partial charge in [0.05, 0.1) is 0 Å². The number of nitrogens with two attached hydrogens (primary N) is 2. The van der Waals surface area contributed by atoms with Gasteiger partial charge in [0, 0.05) is 0 Å². The second kappa shape index (κ2) is 6.35. The Morgan fingerprint density at radius 1 is 1.06 bits per heavy atom. The Hall–Kier alpha value is -0.860. The molecule has 0 aliphatic heterocycles. The van der Waals surface area contributed by atoms with E-state index in [4.69, 9.17) is 11.5 Å². The minimum Gasteiger partial charge on any atom is -0.330 e. The molecule has 1 aromatic carbocycles. The fourth-order valence-corrected chi connectivity index (χ4v) is 2.20. The molecule has 1 rings (SSSR count). The average molecular weight is 248 g/mol. The predicted octanol–water partition coefficient (Wildman–Crippen LogP) is 2.62. The molecule has 0 radical (unpaired) electrons. The largest absolute Gasteiger partial charge is 0.330 e. The molecule has 2 nitrogen and oxygen atoms in total. The van der Waals surface area contributed by atoms with Crippen molar-refractivity contribution in [2.75, 3.05) is 13.1 Å². The van der Waals surface area contributed by atoms with Gasteiger partial charge in [-0.2, -0.15) is 0 Å². The van der Waals surface area contributed by atoms with E-state index in [1.54, 1.807) is 0 Å². The molecule has 1 aromatic rings. The third-order valence-electron chi connectivity index (χ3n) is 3.63. The zero-order valence-corrected chi connectivity index (χ0v) is 12.3. The number of benzene rings is 1. The van der Waals surface area contributed by atoms with Crippen LogP contribution in [-0.4, -0.2) is 13.1 Å². The van der Waals surface area contributed by atoms with E-state index in [1.165, 1.54) is 16.7 Å². The zero-order chi connectivity index (χ0) is 13.8. The first kappa shape index (κ1) is 15.2. The minimum atomic E-state index is 0.196. The predicted molar refractivity (Wildman–Crippen MR) is 79.8 cm³/mol. The summed E-state index contributed by atoms with van der Waals surface area (Å²) < 4.78 is 0. The van der Waals surface area contributed by atoms with Crippen LogP contribution in [0.25, 0.3) is 0 Å². The smallest absolute Gasteiger partial charge is 0.00336 e. The van der Waals surface area contributed by atoms with E-state index >= 15 is 0 Å². The summed E-state index contributed by atoms with van der Waals surface area (Å²) in [5.41, 5.74) is 16.0. The van der Waals surface area contributed by atoms with E-state index in [0.717, 1.165) is 12.8 Å². The van der Waals surface area contributed by atoms with Crippen LogP contribution in [0.1, 0.15) is 44.4 Å². The van der Waals surface area contributed by atoms with Gasteiger partial charge in [-0.15, -0.1) is 0 Å². The second-order valence-electron chi connectivity index (χ2n) is 6.13. The maximum atomic E-state index is 5.77. The lowest BCUT2D eigenvalue weighted by Crippen LogP contribution is -2.25. The maximum absolute atomic E-state index is 5.77. The van der Waals surface area contributed by atoms with Gasteiger partial charge < -0.3 is 11.5 Å². The van der Waals surface area contributed by atoms with E-state index in [9.17, 15) is 0 Å². The van der Waals surface area contributed by atoms with Crippen LogP contribution in [0.3, 0.4) is 0 Å². The number of hydrogen-bond donors (Lipinski definition) is 2. The SMILES string of the molecule is CCc1ccc(C(C)(C)C)cc1CC(CN)CN. The Kier molecular flexibility index (Phi) is 5.36. The van der Waals surface area contributed by atoms with Crippen molar-refractivity contribution in [2.45, 2.75) is 46.0 Å². The van der Waals surface area contributed by atoms with Gasteiger partial charge in [0.1, 0.15) is 0 Å². The molecule has 0 saturated carbocycles. The highest BCUT2D eigenvalue weighted by molar-refractivity contribution is 5.35. The van der Waals surface area contributed by atoms with Gasteiger partial charge >= 0.3 is 0 Å². The third kappa shape index (κ3) is 3.82. The molecule has 0 spiro atoms. The Balaban J connectivity index is 3.06. The molecule has 2 heteroatoms. The second-order valence-corrected chi connectivity index (χ2v) is 6.13. The average Bonchev–Trinajstić information content (AvgIpc) is 2.34. The fourth-order valence-electron chi connectivity index (χ4n) is 2.20. The molecule has 102 valence electrons. The minimum absolute atomic E-state index is 0.196. The van der Waals surface area contributed by atoms with E-state index in [0.29, 0.717) is 19.0 Å². The summed E-state index contributed by atoms with van der Waals surface area (Å²) in [5, 5.41) is 0. The summed E-state index contributed by atoms with van der Waals surface area (Å²) in [6, 6.07) is 6.86. The van der Waals surface area contributed by atoms with Crippen LogP contribution in [0.5, 0.6) is 0 Å². The van der Waals surface area contributed by atoms with Crippen LogP contribution in [0.2, 0.25) is 0 Å². The van der Waals surface area contributed by atoms with Crippen molar-refractivity contribution < 1.29 is 0 Å². The van der Waals surface area contributed by atoms with Gasteiger partial charge in [-0.1, -0.05) is 45.9 Å². The molecule has 0 heterocycles. The maximum Gasteiger partial charge on any atom is -0.00336 e. The summed E-state index contributed by atoms with van der Waals surface area (Å²) in [5.74, 6) is 0.394. The van der Waals surface area contributed by atoms with Crippen molar-refractivity contribution >= 4 is 0 Å². The summed E-state index contributed by atoms with van der Waals surface area (Å²) in [6.07, 6.45) is 2.07. The van der Waals surface area contributed by atoms with Gasteiger partial charge in [0.2, 0.25) is 0 Å². The number of hydrogen-bond acceptors (Lipinski definition) is 2. The van der Waals surface area contributed by atoms with Gasteiger partial charge in [0.15, 0.2) is 0 Å². The first-order valence-electron chi connectivity index (χ1n) is 6.94. The van der Waals surface area contributed by atoms with Crippen LogP contribution in [0.4, 0.5) is 0 Å². The fraction of sp³-hybridized carbons (Fsp3) is 0.625. The van der Waals surface area contributed by atoms with Gasteiger partial charge in [-0.25, -0.2) is 0 Å². The van der Waals surface area contributed by atoms with Crippen molar-refractivity contribution in [2.24, 2.45) is 17.4 Å². The first-order chi connectivity index (χ1) is 8.42. The molecule has 0 aromatic heterocycles. The van der Waals surface area contributed by atoms with Crippen molar-refractivity contribution in [3.05, 3.63) is 34.9 Å². The normalized spacial score (nSPS) is 12.2. The van der Waals surface area contributed by atoms with Gasteiger partial charge in [0.25, 0.3) is 0 Å². The highest BCUT2D eigenvalue weighted by atomic mass is 14.6. The van der Waals surface area contributed by atoms with Gasteiger partial charge in [-0.3, -0.25) is 0 Å². The first-order valence-corrected chi connectivity index (χ1v) is 6.94. The Labute approximate surface area is 112 Å². The van der Waals surface area contributed by atoms with Crippen LogP contribution in [0.15, 0.2) is 18.2 Å². The third-order valence-corrected chi connectivity index (χ3v) is 3.63. The molecular weight excluding hydrogens is 220 g/mol. The zero-order valence-electron chi connectivity index (χ0n) is 12.3. The molecular formula is C16H28N2. The van der Waals surface area contributed by atoms with E-state index < -0.39 is 0 Å². The van der Waals surface area contributed by atoms with Gasteiger partial charge in [-0.05, 0) is 54.0 Å². The van der Waals surface area contributed by atoms with E-state index in [-0.39, 0.29) is 5.41 Å². The van der Waals surface area contributed by atoms with Crippen molar-refractivity contribution in [1.82, 2.24) is 0 Å². The standard InChI is InChI=1S/C16H28N2/c1-5-13-6-7-15(16(2,3)4)9-14(13)8-12(10-17)11-18/h6-7,9,12H,5,8,10-11,17-18H2,1-4H3. The summed E-state index contributed by atoms with van der Waals surface area (Å²) in [4.78, 5) is 0. The molecule has 0 amide bonds. The lowest BCUT2D eigenvalue weighted by Gasteiger charge is -2.22. The molecule has 4 N–H and O–H groups in total. The number of rotatable bonds is 5. The summed E-state index contributed by atoms with van der Waals surface area (Å²) in [7, 11) is 0. The highest BCUT2D eigenvalue weighted by Crippen LogP contribution is 2.26. The van der Waals surface area contributed by atoms with Crippen molar-refractivity contribution in [1.29, 1.82) is 0 Å². The topological polar surface area (TPSA) is 52.0 Å². The van der Waals surface area contributed by atoms with Crippen molar-refractivity contribution in [3.8, 4) is 0 Å². The Morgan fingerprint density at radius 3 is 2.11 bits per heavy atom. The lowest BCUT2D eigenvalue weighted by molar-refractivity contribution is 0.542. The Morgan fingerprint density at radius 2 is 1.67 bits per heavy atom. The molecule has 0 atom stereocenters. The molecule has 0 unspecified atom stereocenters. The number of aryl methyl sites for hydroxylation is 1. The van der Waals surface area contributed by atoms with Crippen LogP contribution in [-0.2, 0) is 18.3 Å². The highest BCUT2D eigenvalue weighted by Gasteiger charge is 2.16. The molecule has 0 aliphatic rings.